The molecule has 0 spiro atoms. The quantitative estimate of drug-likeness (QED) is 0.471. The molecule has 0 aliphatic rings. The first-order valence-corrected chi connectivity index (χ1v) is 3.22. The Kier molecular flexibility index (Phi) is 10.3. The van der Waals surface area contributed by atoms with Crippen molar-refractivity contribution in [3.8, 4) is 12.1 Å². The van der Waals surface area contributed by atoms with E-state index in [0.717, 1.165) is 0 Å². The van der Waals surface area contributed by atoms with Gasteiger partial charge >= 0.3 is 0 Å². The minimum Gasteiger partial charge on any atom is -0.398 e. The second kappa shape index (κ2) is 9.92. The van der Waals surface area contributed by atoms with Gasteiger partial charge in [0, 0.05) is 14.0 Å². The summed E-state index contributed by atoms with van der Waals surface area (Å²) in [5.41, 5.74) is -0.287. The molecule has 0 aliphatic carbocycles. The van der Waals surface area contributed by atoms with Crippen molar-refractivity contribution in [2.75, 3.05) is 14.2 Å². The van der Waals surface area contributed by atoms with Crippen molar-refractivity contribution in [2.24, 2.45) is 5.16 Å². The predicted octanol–water partition coefficient (Wildman–Crippen LogP) is -0.212. The molecule has 13 heavy (non-hydrogen) atoms. The molecule has 1 N–H and O–H groups in total. The van der Waals surface area contributed by atoms with E-state index in [9.17, 15) is 4.79 Å². The number of nitrogens with zero attached hydrogens (tertiary/aromatic N) is 3. The fraction of sp³-hybridized carbons (Fsp3) is 0.429. The highest BCUT2D eigenvalue weighted by atomic mass is 16.6. The molecule has 0 fully saturated rings. The molecule has 1 amide bonds. The van der Waals surface area contributed by atoms with Crippen LogP contribution in [0.2, 0.25) is 0 Å². The summed E-state index contributed by atoms with van der Waals surface area (Å²) in [5.74, 6) is -0.552. The Balaban J connectivity index is 0. The highest BCUT2D eigenvalue weighted by Crippen LogP contribution is 1.76. The Morgan fingerprint density at radius 1 is 1.54 bits per heavy atom. The SMILES string of the molecule is CC#N.CNC(=O)C(C#N)=NOC. The number of carbonyl (C=O) groups is 1. The average molecular weight is 182 g/mol. The van der Waals surface area contributed by atoms with Gasteiger partial charge in [-0.25, -0.2) is 0 Å². The van der Waals surface area contributed by atoms with Gasteiger partial charge < -0.3 is 10.2 Å². The summed E-state index contributed by atoms with van der Waals surface area (Å²) in [5, 5.41) is 20.9. The number of carbonyl (C=O) groups excluding carboxylic acids is 1. The summed E-state index contributed by atoms with van der Waals surface area (Å²) in [6, 6.07) is 3.32. The zero-order chi connectivity index (χ0) is 10.7. The number of hydrogen-bond acceptors (Lipinski definition) is 5. The molecule has 0 saturated heterocycles. The molecule has 0 aromatic carbocycles. The smallest absolute Gasteiger partial charge is 0.284 e. The summed E-state index contributed by atoms with van der Waals surface area (Å²) in [6.07, 6.45) is 0. The third kappa shape index (κ3) is 7.82. The van der Waals surface area contributed by atoms with Crippen LogP contribution in [0.1, 0.15) is 6.92 Å². The van der Waals surface area contributed by atoms with Crippen LogP contribution >= 0.6 is 0 Å². The van der Waals surface area contributed by atoms with Crippen LogP contribution in [0.25, 0.3) is 0 Å². The number of nitrogens with one attached hydrogen (secondary N) is 1. The first-order valence-electron chi connectivity index (χ1n) is 3.22. The molecule has 0 atom stereocenters. The number of nitriles is 2. The molecule has 0 radical (unpaired) electrons. The largest absolute Gasteiger partial charge is 0.398 e. The van der Waals surface area contributed by atoms with Crippen LogP contribution < -0.4 is 5.32 Å². The summed E-state index contributed by atoms with van der Waals surface area (Å²) in [7, 11) is 2.67. The highest BCUT2D eigenvalue weighted by Gasteiger charge is 2.07. The Bertz CT molecular complexity index is 259. The van der Waals surface area contributed by atoms with Gasteiger partial charge in [0.1, 0.15) is 13.2 Å². The zero-order valence-electron chi connectivity index (χ0n) is 7.66. The summed E-state index contributed by atoms with van der Waals surface area (Å²) < 4.78 is 0. The van der Waals surface area contributed by atoms with Crippen LogP contribution in [0.4, 0.5) is 0 Å². The van der Waals surface area contributed by atoms with Crippen molar-refractivity contribution in [3.63, 3.8) is 0 Å². The van der Waals surface area contributed by atoms with Gasteiger partial charge in [0.25, 0.3) is 5.91 Å². The molecule has 0 aromatic heterocycles. The molecule has 6 heteroatoms. The molecular weight excluding hydrogens is 172 g/mol. The highest BCUT2D eigenvalue weighted by molar-refractivity contribution is 6.44. The lowest BCUT2D eigenvalue weighted by Crippen LogP contribution is -2.26. The van der Waals surface area contributed by atoms with Crippen LogP contribution in [0, 0.1) is 22.7 Å². The van der Waals surface area contributed by atoms with Gasteiger partial charge in [0.2, 0.25) is 5.71 Å². The number of hydrogen-bond donors (Lipinski definition) is 1. The fourth-order valence-corrected chi connectivity index (χ4v) is 0.322. The third-order valence-electron chi connectivity index (χ3n) is 0.731. The third-order valence-corrected chi connectivity index (χ3v) is 0.731. The van der Waals surface area contributed by atoms with Gasteiger partial charge in [0.15, 0.2) is 0 Å². The van der Waals surface area contributed by atoms with Crippen LogP contribution in [0.3, 0.4) is 0 Å². The van der Waals surface area contributed by atoms with Crippen molar-refractivity contribution in [1.82, 2.24) is 5.32 Å². The Labute approximate surface area is 76.4 Å². The van der Waals surface area contributed by atoms with Crippen LogP contribution in [-0.2, 0) is 9.63 Å². The van der Waals surface area contributed by atoms with Gasteiger partial charge in [-0.05, 0) is 0 Å². The molecule has 0 heterocycles. The summed E-state index contributed by atoms with van der Waals surface area (Å²) in [6.45, 7) is 1.43. The first-order chi connectivity index (χ1) is 6.17. The lowest BCUT2D eigenvalue weighted by molar-refractivity contribution is -0.114. The van der Waals surface area contributed by atoms with Crippen LogP contribution in [0.5, 0.6) is 0 Å². The number of rotatable bonds is 2. The molecule has 0 unspecified atom stereocenters. The van der Waals surface area contributed by atoms with E-state index in [2.05, 4.69) is 15.3 Å². The lowest BCUT2D eigenvalue weighted by atomic mass is 10.4. The Hall–Kier alpha value is -2.08. The molecule has 0 rings (SSSR count). The maximum absolute atomic E-state index is 10.6. The van der Waals surface area contributed by atoms with Crippen molar-refractivity contribution in [2.45, 2.75) is 6.92 Å². The monoisotopic (exact) mass is 182 g/mol. The minimum absolute atomic E-state index is 0.287. The maximum Gasteiger partial charge on any atom is 0.284 e. The lowest BCUT2D eigenvalue weighted by Gasteiger charge is -1.92. The van der Waals surface area contributed by atoms with E-state index < -0.39 is 5.91 Å². The van der Waals surface area contributed by atoms with Crippen molar-refractivity contribution in [1.29, 1.82) is 10.5 Å². The van der Waals surface area contributed by atoms with E-state index in [1.165, 1.54) is 21.1 Å². The average Bonchev–Trinajstić information content (AvgIpc) is 2.14. The van der Waals surface area contributed by atoms with E-state index in [4.69, 9.17) is 10.5 Å². The number of oxime groups is 1. The molecule has 0 aromatic rings. The van der Waals surface area contributed by atoms with Crippen LogP contribution in [-0.4, -0.2) is 25.8 Å². The van der Waals surface area contributed by atoms with E-state index in [-0.39, 0.29) is 5.71 Å². The van der Waals surface area contributed by atoms with Crippen molar-refractivity contribution in [3.05, 3.63) is 0 Å². The minimum atomic E-state index is -0.552. The second-order valence-corrected chi connectivity index (χ2v) is 1.54. The van der Waals surface area contributed by atoms with Crippen molar-refractivity contribution >= 4 is 11.6 Å². The van der Waals surface area contributed by atoms with E-state index in [1.807, 2.05) is 0 Å². The zero-order valence-corrected chi connectivity index (χ0v) is 7.66. The van der Waals surface area contributed by atoms with Gasteiger partial charge in [0.05, 0.1) is 6.07 Å². The normalized spacial score (nSPS) is 8.23. The molecule has 0 bridgehead atoms. The molecular formula is C7H10N4O2. The molecule has 6 nitrogen and oxygen atoms in total. The number of amides is 1. The van der Waals surface area contributed by atoms with E-state index in [1.54, 1.807) is 12.1 Å². The maximum atomic E-state index is 10.6. The molecule has 0 saturated carbocycles. The molecule has 0 aliphatic heterocycles. The van der Waals surface area contributed by atoms with E-state index in [0.29, 0.717) is 0 Å². The second-order valence-electron chi connectivity index (χ2n) is 1.54. The summed E-state index contributed by atoms with van der Waals surface area (Å²) >= 11 is 0. The topological polar surface area (TPSA) is 98.3 Å². The van der Waals surface area contributed by atoms with Crippen LogP contribution in [0.15, 0.2) is 5.16 Å². The van der Waals surface area contributed by atoms with Gasteiger partial charge in [-0.15, -0.1) is 0 Å². The van der Waals surface area contributed by atoms with Gasteiger partial charge in [-0.1, -0.05) is 5.16 Å². The predicted molar refractivity (Wildman–Crippen MR) is 45.4 cm³/mol. The fourth-order valence-electron chi connectivity index (χ4n) is 0.322. The van der Waals surface area contributed by atoms with E-state index >= 15 is 0 Å². The Morgan fingerprint density at radius 2 is 2.00 bits per heavy atom. The molecule has 70 valence electrons. The first kappa shape index (κ1) is 13.5. The van der Waals surface area contributed by atoms with Gasteiger partial charge in [-0.2, -0.15) is 10.5 Å². The Morgan fingerprint density at radius 3 is 2.23 bits per heavy atom. The standard InChI is InChI=1S/C5H7N3O2.C2H3N/c1-7-5(9)4(3-6)8-10-2;1-2-3/h1-2H3,(H,7,9);1H3. The van der Waals surface area contributed by atoms with Gasteiger partial charge in [-0.3, -0.25) is 4.79 Å². The summed E-state index contributed by atoms with van der Waals surface area (Å²) in [4.78, 5) is 14.8. The van der Waals surface area contributed by atoms with Crippen molar-refractivity contribution < 1.29 is 9.63 Å².